The number of benzene rings is 1. The third-order valence-corrected chi connectivity index (χ3v) is 4.42. The van der Waals surface area contributed by atoms with E-state index in [1.807, 2.05) is 7.05 Å². The van der Waals surface area contributed by atoms with Gasteiger partial charge in [0.2, 0.25) is 0 Å². The quantitative estimate of drug-likeness (QED) is 0.424. The predicted octanol–water partition coefficient (Wildman–Crippen LogP) is 4.84. The summed E-state index contributed by atoms with van der Waals surface area (Å²) >= 11 is 0. The second-order valence-electron chi connectivity index (χ2n) is 6.80. The smallest absolute Gasteiger partial charge is 0.253 e. The lowest BCUT2D eigenvalue weighted by Gasteiger charge is -2.17. The summed E-state index contributed by atoms with van der Waals surface area (Å²) < 4.78 is 0. The summed E-state index contributed by atoms with van der Waals surface area (Å²) in [7, 11) is 1.84. The minimum atomic E-state index is -0.00933. The lowest BCUT2D eigenvalue weighted by Crippen LogP contribution is -2.27. The number of carbonyl (C=O) groups excluding carboxylic acids is 1. The van der Waals surface area contributed by atoms with Crippen LogP contribution in [0, 0.1) is 0 Å². The molecule has 0 fully saturated rings. The average Bonchev–Trinajstić information content (AvgIpc) is 2.54. The first-order chi connectivity index (χ1) is 11.5. The molecule has 1 amide bonds. The highest BCUT2D eigenvalue weighted by atomic mass is 16.2. The van der Waals surface area contributed by atoms with Crippen molar-refractivity contribution in [3.63, 3.8) is 0 Å². The molecule has 0 atom stereocenters. The van der Waals surface area contributed by atoms with Crippen LogP contribution in [0.3, 0.4) is 0 Å². The summed E-state index contributed by atoms with van der Waals surface area (Å²) in [5, 5.41) is 0. The first-order valence-corrected chi connectivity index (χ1v) is 9.46. The summed E-state index contributed by atoms with van der Waals surface area (Å²) in [6, 6.07) is 5.04. The van der Waals surface area contributed by atoms with Crippen LogP contribution >= 0.6 is 0 Å². The van der Waals surface area contributed by atoms with E-state index in [-0.39, 0.29) is 5.91 Å². The second kappa shape index (κ2) is 11.8. The third kappa shape index (κ3) is 8.23. The molecule has 0 saturated heterocycles. The Hall–Kier alpha value is -1.71. The van der Waals surface area contributed by atoms with Crippen molar-refractivity contribution in [3.05, 3.63) is 23.8 Å². The lowest BCUT2D eigenvalue weighted by atomic mass is 10.1. The van der Waals surface area contributed by atoms with Crippen molar-refractivity contribution in [2.45, 2.75) is 71.1 Å². The normalized spacial score (nSPS) is 10.8. The molecule has 0 aliphatic rings. The zero-order chi connectivity index (χ0) is 17.8. The highest BCUT2D eigenvalue weighted by Gasteiger charge is 2.12. The molecule has 4 nitrogen and oxygen atoms in total. The fourth-order valence-corrected chi connectivity index (χ4v) is 2.96. The van der Waals surface area contributed by atoms with Crippen LogP contribution in [0.4, 0.5) is 11.4 Å². The van der Waals surface area contributed by atoms with Crippen LogP contribution in [-0.4, -0.2) is 24.4 Å². The molecule has 0 radical (unpaired) electrons. The highest BCUT2D eigenvalue weighted by Crippen LogP contribution is 2.16. The van der Waals surface area contributed by atoms with Crippen LogP contribution in [0.1, 0.15) is 81.5 Å². The first kappa shape index (κ1) is 20.3. The first-order valence-electron chi connectivity index (χ1n) is 9.46. The number of carbonyl (C=O) groups is 1. The van der Waals surface area contributed by atoms with Gasteiger partial charge in [0, 0.05) is 30.5 Å². The predicted molar refractivity (Wildman–Crippen MR) is 104 cm³/mol. The largest absolute Gasteiger partial charge is 0.399 e. The summed E-state index contributed by atoms with van der Waals surface area (Å²) in [4.78, 5) is 14.1. The highest BCUT2D eigenvalue weighted by molar-refractivity contribution is 5.95. The molecule has 0 aliphatic heterocycles. The Bertz CT molecular complexity index is 468. The second-order valence-corrected chi connectivity index (χ2v) is 6.80. The number of hydrogen-bond acceptors (Lipinski definition) is 3. The van der Waals surface area contributed by atoms with Crippen LogP contribution in [0.2, 0.25) is 0 Å². The summed E-state index contributed by atoms with van der Waals surface area (Å²) in [5.74, 6) is -0.00933. The van der Waals surface area contributed by atoms with Gasteiger partial charge in [0.25, 0.3) is 5.91 Å². The standard InChI is InChI=1S/C20H35N3O/c1-3-4-5-6-7-8-9-10-11-12-13-23(2)20(24)17-14-18(21)16-19(22)15-17/h14-16H,3-13,21-22H2,1-2H3. The molecule has 4 N–H and O–H groups in total. The van der Waals surface area contributed by atoms with Gasteiger partial charge in [-0.15, -0.1) is 0 Å². The molecule has 1 rings (SSSR count). The van der Waals surface area contributed by atoms with Gasteiger partial charge in [-0.3, -0.25) is 4.79 Å². The fourth-order valence-electron chi connectivity index (χ4n) is 2.96. The van der Waals surface area contributed by atoms with E-state index < -0.39 is 0 Å². The van der Waals surface area contributed by atoms with E-state index in [1.165, 1.54) is 57.8 Å². The van der Waals surface area contributed by atoms with Crippen LogP contribution in [0.25, 0.3) is 0 Å². The number of nitrogens with zero attached hydrogens (tertiary/aromatic N) is 1. The van der Waals surface area contributed by atoms with Gasteiger partial charge in [-0.05, 0) is 24.6 Å². The molecule has 0 bridgehead atoms. The lowest BCUT2D eigenvalue weighted by molar-refractivity contribution is 0.0792. The van der Waals surface area contributed by atoms with Crippen molar-refractivity contribution in [1.82, 2.24) is 4.90 Å². The summed E-state index contributed by atoms with van der Waals surface area (Å²) in [6.45, 7) is 3.04. The molecule has 136 valence electrons. The van der Waals surface area contributed by atoms with E-state index in [9.17, 15) is 4.79 Å². The van der Waals surface area contributed by atoms with E-state index >= 15 is 0 Å². The van der Waals surface area contributed by atoms with Crippen LogP contribution in [0.15, 0.2) is 18.2 Å². The molecule has 0 heterocycles. The summed E-state index contributed by atoms with van der Waals surface area (Å²) in [6.07, 6.45) is 13.0. The van der Waals surface area contributed by atoms with Gasteiger partial charge >= 0.3 is 0 Å². The van der Waals surface area contributed by atoms with Gasteiger partial charge in [-0.1, -0.05) is 64.7 Å². The maximum Gasteiger partial charge on any atom is 0.253 e. The van der Waals surface area contributed by atoms with E-state index in [0.717, 1.165) is 13.0 Å². The minimum Gasteiger partial charge on any atom is -0.399 e. The van der Waals surface area contributed by atoms with Crippen molar-refractivity contribution in [1.29, 1.82) is 0 Å². The number of rotatable bonds is 12. The van der Waals surface area contributed by atoms with Crippen molar-refractivity contribution >= 4 is 17.3 Å². The third-order valence-electron chi connectivity index (χ3n) is 4.42. The molecular weight excluding hydrogens is 298 g/mol. The topological polar surface area (TPSA) is 72.3 Å². The van der Waals surface area contributed by atoms with E-state index in [2.05, 4.69) is 6.92 Å². The van der Waals surface area contributed by atoms with E-state index in [1.54, 1.807) is 23.1 Å². The van der Waals surface area contributed by atoms with Crippen LogP contribution in [0.5, 0.6) is 0 Å². The van der Waals surface area contributed by atoms with Crippen molar-refractivity contribution in [2.75, 3.05) is 25.1 Å². The van der Waals surface area contributed by atoms with Gasteiger partial charge in [0.15, 0.2) is 0 Å². The van der Waals surface area contributed by atoms with Gasteiger partial charge in [0.1, 0.15) is 0 Å². The molecule has 1 aromatic carbocycles. The Morgan fingerprint density at radius 2 is 1.29 bits per heavy atom. The van der Waals surface area contributed by atoms with Gasteiger partial charge in [0.05, 0.1) is 0 Å². The van der Waals surface area contributed by atoms with Crippen LogP contribution < -0.4 is 11.5 Å². The zero-order valence-corrected chi connectivity index (χ0v) is 15.5. The molecule has 0 saturated carbocycles. The van der Waals surface area contributed by atoms with Crippen molar-refractivity contribution in [2.24, 2.45) is 0 Å². The van der Waals surface area contributed by atoms with Gasteiger partial charge in [-0.2, -0.15) is 0 Å². The Morgan fingerprint density at radius 1 is 0.833 bits per heavy atom. The number of hydrogen-bond donors (Lipinski definition) is 2. The molecule has 0 aliphatic carbocycles. The Morgan fingerprint density at radius 3 is 1.79 bits per heavy atom. The molecule has 0 aromatic heterocycles. The SMILES string of the molecule is CCCCCCCCCCCCN(C)C(=O)c1cc(N)cc(N)c1. The summed E-state index contributed by atoms with van der Waals surface area (Å²) in [5.41, 5.74) is 13.1. The Kier molecular flexibility index (Phi) is 9.97. The number of amides is 1. The van der Waals surface area contributed by atoms with Crippen LogP contribution in [-0.2, 0) is 0 Å². The maximum absolute atomic E-state index is 12.4. The molecular formula is C20H35N3O. The monoisotopic (exact) mass is 333 g/mol. The number of nitrogen functional groups attached to an aromatic ring is 2. The van der Waals surface area contributed by atoms with Crippen molar-refractivity contribution in [3.8, 4) is 0 Å². The van der Waals surface area contributed by atoms with E-state index in [0.29, 0.717) is 16.9 Å². The molecule has 0 unspecified atom stereocenters. The zero-order valence-electron chi connectivity index (χ0n) is 15.5. The van der Waals surface area contributed by atoms with Crippen molar-refractivity contribution < 1.29 is 4.79 Å². The molecule has 1 aromatic rings. The maximum atomic E-state index is 12.4. The molecule has 4 heteroatoms. The Balaban J connectivity index is 2.13. The minimum absolute atomic E-state index is 0.00933. The van der Waals surface area contributed by atoms with Gasteiger partial charge < -0.3 is 16.4 Å². The average molecular weight is 334 g/mol. The molecule has 24 heavy (non-hydrogen) atoms. The number of nitrogens with two attached hydrogens (primary N) is 2. The molecule has 0 spiro atoms. The van der Waals surface area contributed by atoms with E-state index in [4.69, 9.17) is 11.5 Å². The van der Waals surface area contributed by atoms with Gasteiger partial charge in [-0.25, -0.2) is 0 Å². The number of unbranched alkanes of at least 4 members (excludes halogenated alkanes) is 9. The fraction of sp³-hybridized carbons (Fsp3) is 0.650. The Labute approximate surface area is 147 Å². The number of anilines is 2.